The first kappa shape index (κ1) is 47.0. The van der Waals surface area contributed by atoms with Crippen molar-refractivity contribution in [3.05, 3.63) is 126 Å². The molecule has 5 rings (SSSR count). The van der Waals surface area contributed by atoms with Crippen LogP contribution in [0, 0.1) is 24.7 Å². The van der Waals surface area contributed by atoms with Gasteiger partial charge in [-0.3, -0.25) is 14.4 Å². The molecule has 0 saturated carbocycles. The summed E-state index contributed by atoms with van der Waals surface area (Å²) in [6.45, 7) is 10.6. The molecule has 5 N–H and O–H groups in total. The maximum absolute atomic E-state index is 14.7. The fraction of sp³-hybridized carbons (Fsp3) is 0.420. The molecule has 1 unspecified atom stereocenters. The molecule has 0 radical (unpaired) electrons. The first-order chi connectivity index (χ1) is 29.2. The second-order valence-electron chi connectivity index (χ2n) is 17.0. The number of benzene rings is 5. The fourth-order valence-corrected chi connectivity index (χ4v) is 8.78. The van der Waals surface area contributed by atoms with Crippen LogP contribution >= 0.6 is 0 Å². The molecule has 0 aliphatic rings. The van der Waals surface area contributed by atoms with Gasteiger partial charge in [-0.2, -0.15) is 0 Å². The smallest absolute Gasteiger partial charge is 0.242 e. The first-order valence-electron chi connectivity index (χ1n) is 21.8. The number of aliphatic hydroxyl groups excluding tert-OH is 1. The number of nitrogens with one attached hydrogen (secondary N) is 4. The lowest BCUT2D eigenvalue weighted by atomic mass is 9.87. The summed E-state index contributed by atoms with van der Waals surface area (Å²) >= 11 is 0. The molecule has 0 heterocycles. The highest BCUT2D eigenvalue weighted by Crippen LogP contribution is 2.27. The van der Waals surface area contributed by atoms with Crippen LogP contribution in [0.25, 0.3) is 21.5 Å². The molecule has 0 aliphatic carbocycles. The Bertz CT molecular complexity index is 2240. The van der Waals surface area contributed by atoms with E-state index in [0.717, 1.165) is 44.7 Å². The topological polar surface area (TPSA) is 154 Å². The number of amides is 3. The van der Waals surface area contributed by atoms with Crippen molar-refractivity contribution in [1.82, 2.24) is 20.7 Å². The Morgan fingerprint density at radius 3 is 1.85 bits per heavy atom. The van der Waals surface area contributed by atoms with Gasteiger partial charge in [-0.1, -0.05) is 137 Å². The summed E-state index contributed by atoms with van der Waals surface area (Å²) in [7, 11) is -3.73. The summed E-state index contributed by atoms with van der Waals surface area (Å²) < 4.78 is 28.6. The molecule has 5 aromatic rings. The van der Waals surface area contributed by atoms with Crippen LogP contribution in [0.3, 0.4) is 0 Å². The van der Waals surface area contributed by atoms with Crippen LogP contribution in [0.4, 0.5) is 0 Å². The van der Waals surface area contributed by atoms with E-state index in [9.17, 15) is 27.9 Å². The van der Waals surface area contributed by atoms with Crippen LogP contribution in [-0.4, -0.2) is 62.5 Å². The number of aliphatic hydroxyl groups is 1. The molecule has 11 heteroatoms. The summed E-state index contributed by atoms with van der Waals surface area (Å²) in [5, 5.41) is 24.6. The standard InChI is InChI=1S/C50H64N4O6S/c1-6-35(4)33-51-48(56)32-47(55)46(29-34(2)3)54-50(58)45(23-11-12-28-52-61(59,60)42-26-24-36(5)25-27-42)53-49(57)41(30-39-19-13-17-37-15-7-9-21-43(37)39)31-40-20-14-18-38-16-8-10-22-44(38)40/h7-10,13-22,24-27,34-35,41,45-47,52,55H,6,11-12,23,28-33H2,1-5H3,(H,51,56)(H,53,57)(H,54,58)/t35?,45-,46-,47-/m0/s1. The van der Waals surface area contributed by atoms with Gasteiger partial charge in [-0.15, -0.1) is 0 Å². The first-order valence-corrected chi connectivity index (χ1v) is 23.3. The zero-order valence-electron chi connectivity index (χ0n) is 36.3. The number of aryl methyl sites for hydroxylation is 1. The van der Waals surface area contributed by atoms with Gasteiger partial charge in [-0.25, -0.2) is 13.1 Å². The molecule has 3 amide bonds. The van der Waals surface area contributed by atoms with Gasteiger partial charge in [0.1, 0.15) is 6.04 Å². The maximum Gasteiger partial charge on any atom is 0.242 e. The SMILES string of the molecule is CCC(C)CNC(=O)C[C@H](O)[C@H](CC(C)C)NC(=O)[C@H](CCCCNS(=O)(=O)c1ccc(C)cc1)NC(=O)C(Cc1cccc2ccccc12)Cc1cccc2ccccc12. The van der Waals surface area contributed by atoms with Gasteiger partial charge in [0, 0.05) is 19.0 Å². The van der Waals surface area contributed by atoms with Gasteiger partial charge in [0.2, 0.25) is 27.7 Å². The molecule has 0 spiro atoms. The summed E-state index contributed by atoms with van der Waals surface area (Å²) in [5.74, 6) is -1.22. The van der Waals surface area contributed by atoms with Crippen LogP contribution in [0.5, 0.6) is 0 Å². The second kappa shape index (κ2) is 22.7. The second-order valence-corrected chi connectivity index (χ2v) is 18.8. The van der Waals surface area contributed by atoms with Crippen molar-refractivity contribution >= 4 is 49.3 Å². The number of hydrogen-bond acceptors (Lipinski definition) is 6. The van der Waals surface area contributed by atoms with Gasteiger partial charge in [-0.05, 0) is 102 Å². The molecule has 0 bridgehead atoms. The third-order valence-corrected chi connectivity index (χ3v) is 13.0. The molecule has 0 fully saturated rings. The van der Waals surface area contributed by atoms with E-state index >= 15 is 0 Å². The molecule has 0 saturated heterocycles. The highest BCUT2D eigenvalue weighted by Gasteiger charge is 2.31. The van der Waals surface area contributed by atoms with E-state index in [2.05, 4.69) is 57.1 Å². The summed E-state index contributed by atoms with van der Waals surface area (Å²) in [4.78, 5) is 42.2. The number of unbranched alkanes of at least 4 members (excludes halogenated alkanes) is 1. The molecule has 10 nitrogen and oxygen atoms in total. The highest BCUT2D eigenvalue weighted by molar-refractivity contribution is 7.89. The average molecular weight is 849 g/mol. The van der Waals surface area contributed by atoms with E-state index in [0.29, 0.717) is 44.6 Å². The monoisotopic (exact) mass is 848 g/mol. The quantitative estimate of drug-likeness (QED) is 0.0424. The van der Waals surface area contributed by atoms with Gasteiger partial charge in [0.05, 0.1) is 23.5 Å². The maximum atomic E-state index is 14.7. The summed E-state index contributed by atoms with van der Waals surface area (Å²) in [6, 6.07) is 33.3. The lowest BCUT2D eigenvalue weighted by molar-refractivity contribution is -0.132. The molecular formula is C50H64N4O6S. The summed E-state index contributed by atoms with van der Waals surface area (Å²) in [6.07, 6.45) is 1.89. The molecular weight excluding hydrogens is 785 g/mol. The zero-order chi connectivity index (χ0) is 43.9. The fourth-order valence-electron chi connectivity index (χ4n) is 7.71. The molecule has 0 aromatic heterocycles. The van der Waals surface area contributed by atoms with E-state index in [1.165, 1.54) is 0 Å². The molecule has 326 valence electrons. The van der Waals surface area contributed by atoms with Crippen molar-refractivity contribution in [3.8, 4) is 0 Å². The van der Waals surface area contributed by atoms with E-state index < -0.39 is 40.0 Å². The number of rotatable bonds is 23. The van der Waals surface area contributed by atoms with Gasteiger partial charge in [0.25, 0.3) is 0 Å². The normalized spacial score (nSPS) is 13.8. The molecule has 61 heavy (non-hydrogen) atoms. The summed E-state index contributed by atoms with van der Waals surface area (Å²) in [5.41, 5.74) is 2.99. The van der Waals surface area contributed by atoms with Crippen LogP contribution in [-0.2, 0) is 37.2 Å². The Morgan fingerprint density at radius 2 is 1.28 bits per heavy atom. The van der Waals surface area contributed by atoms with Crippen molar-refractivity contribution in [2.24, 2.45) is 17.8 Å². The van der Waals surface area contributed by atoms with Crippen molar-refractivity contribution < 1.29 is 27.9 Å². The predicted molar refractivity (Wildman–Crippen MR) is 245 cm³/mol. The molecule has 5 aromatic carbocycles. The van der Waals surface area contributed by atoms with Crippen LogP contribution < -0.4 is 20.7 Å². The molecule has 0 aliphatic heterocycles. The largest absolute Gasteiger partial charge is 0.390 e. The minimum Gasteiger partial charge on any atom is -0.390 e. The van der Waals surface area contributed by atoms with Gasteiger partial charge in [0.15, 0.2) is 0 Å². The minimum atomic E-state index is -3.73. The number of sulfonamides is 1. The lowest BCUT2D eigenvalue weighted by Gasteiger charge is -2.29. The van der Waals surface area contributed by atoms with E-state index in [1.807, 2.05) is 83.1 Å². The number of fused-ring (bicyclic) bond motifs is 2. The van der Waals surface area contributed by atoms with Crippen molar-refractivity contribution in [3.63, 3.8) is 0 Å². The Hall–Kier alpha value is -5.10. The highest BCUT2D eigenvalue weighted by atomic mass is 32.2. The van der Waals surface area contributed by atoms with Gasteiger partial charge < -0.3 is 21.1 Å². The predicted octanol–water partition coefficient (Wildman–Crippen LogP) is 7.78. The zero-order valence-corrected chi connectivity index (χ0v) is 37.1. The van der Waals surface area contributed by atoms with Crippen molar-refractivity contribution in [2.75, 3.05) is 13.1 Å². The Kier molecular flexibility index (Phi) is 17.4. The minimum absolute atomic E-state index is 0.0866. The van der Waals surface area contributed by atoms with E-state index in [1.54, 1.807) is 24.3 Å². The Balaban J connectivity index is 1.39. The third kappa shape index (κ3) is 14.0. The van der Waals surface area contributed by atoms with Crippen LogP contribution in [0.2, 0.25) is 0 Å². The average Bonchev–Trinajstić information content (AvgIpc) is 3.24. The van der Waals surface area contributed by atoms with Crippen LogP contribution in [0.1, 0.15) is 82.9 Å². The Morgan fingerprint density at radius 1 is 0.705 bits per heavy atom. The number of carbonyl (C=O) groups is 3. The van der Waals surface area contributed by atoms with Gasteiger partial charge >= 0.3 is 0 Å². The number of carbonyl (C=O) groups excluding carboxylic acids is 3. The van der Waals surface area contributed by atoms with E-state index in [-0.39, 0.29) is 42.0 Å². The van der Waals surface area contributed by atoms with Crippen molar-refractivity contribution in [1.29, 1.82) is 0 Å². The molecule has 4 atom stereocenters. The Labute approximate surface area is 362 Å². The number of hydrogen-bond donors (Lipinski definition) is 5. The van der Waals surface area contributed by atoms with Crippen LogP contribution in [0.15, 0.2) is 114 Å². The van der Waals surface area contributed by atoms with Crippen molar-refractivity contribution in [2.45, 2.75) is 109 Å². The lowest BCUT2D eigenvalue weighted by Crippen LogP contribution is -2.54. The third-order valence-electron chi connectivity index (χ3n) is 11.5. The van der Waals surface area contributed by atoms with E-state index in [4.69, 9.17) is 0 Å².